The zero-order valence-corrected chi connectivity index (χ0v) is 24.3. The number of likely N-dealkylation sites (tertiary alicyclic amines) is 1. The second kappa shape index (κ2) is 10.4. The zero-order chi connectivity index (χ0) is 28.1. The summed E-state index contributed by atoms with van der Waals surface area (Å²) < 4.78 is 5.71. The Hall–Kier alpha value is -3.42. The molecule has 6 nitrogen and oxygen atoms in total. The molecule has 0 bridgehead atoms. The minimum atomic E-state index is -0.0536. The number of fused-ring (bicyclic) bond motifs is 1. The quantitative estimate of drug-likeness (QED) is 0.272. The maximum atomic E-state index is 11.7. The van der Waals surface area contributed by atoms with Crippen LogP contribution in [-0.4, -0.2) is 41.5 Å². The lowest BCUT2D eigenvalue weighted by Gasteiger charge is -2.48. The van der Waals surface area contributed by atoms with Crippen molar-refractivity contribution in [3.8, 4) is 39.4 Å². The minimum absolute atomic E-state index is 0.0536. The first-order chi connectivity index (χ1) is 19.9. The standard InChI is InChI=1S/C33H30Cl2N4O2/c1-41-32-22(17-39-18-33(19-39)13-12-29(40)38-33)10-11-28(37-32)27-7-3-6-26(31(27)35)25-5-2-4-24(30(25)34)20-8-9-21-15-36-16-23(21)14-20/h2-11,14,36H,12-13,15-19H2,1H3,(H,38,40). The highest BCUT2D eigenvalue weighted by atomic mass is 35.5. The van der Waals surface area contributed by atoms with Crippen molar-refractivity contribution in [2.45, 2.75) is 38.0 Å². The number of pyridine rings is 1. The van der Waals surface area contributed by atoms with E-state index in [1.165, 1.54) is 11.1 Å². The lowest BCUT2D eigenvalue weighted by Crippen LogP contribution is -2.66. The summed E-state index contributed by atoms with van der Waals surface area (Å²) >= 11 is 14.1. The number of benzene rings is 3. The van der Waals surface area contributed by atoms with Crippen LogP contribution >= 0.6 is 23.2 Å². The fourth-order valence-electron chi connectivity index (χ4n) is 6.45. The van der Waals surface area contributed by atoms with E-state index < -0.39 is 0 Å². The fraction of sp³-hybridized carbons (Fsp3) is 0.273. The van der Waals surface area contributed by atoms with E-state index >= 15 is 0 Å². The van der Waals surface area contributed by atoms with Gasteiger partial charge in [-0.05, 0) is 35.2 Å². The normalized spacial score (nSPS) is 17.4. The minimum Gasteiger partial charge on any atom is -0.481 e. The number of nitrogens with one attached hydrogen (secondary N) is 2. The molecule has 1 spiro atoms. The number of hydrogen-bond acceptors (Lipinski definition) is 5. The Morgan fingerprint density at radius 2 is 1.61 bits per heavy atom. The fourth-order valence-corrected chi connectivity index (χ4v) is 7.11. The molecule has 2 fully saturated rings. The number of carbonyl (C=O) groups excluding carboxylic acids is 1. The second-order valence-corrected chi connectivity index (χ2v) is 12.0. The molecule has 4 heterocycles. The number of hydrogen-bond donors (Lipinski definition) is 2. The first kappa shape index (κ1) is 26.5. The highest BCUT2D eigenvalue weighted by Gasteiger charge is 2.47. The van der Waals surface area contributed by atoms with Crippen molar-refractivity contribution in [1.82, 2.24) is 20.5 Å². The predicted octanol–water partition coefficient (Wildman–Crippen LogP) is 6.47. The largest absolute Gasteiger partial charge is 0.481 e. The summed E-state index contributed by atoms with van der Waals surface area (Å²) in [5.41, 5.74) is 8.96. The van der Waals surface area contributed by atoms with Crippen LogP contribution in [0.2, 0.25) is 10.0 Å². The van der Waals surface area contributed by atoms with Crippen LogP contribution in [0.4, 0.5) is 0 Å². The summed E-state index contributed by atoms with van der Waals surface area (Å²) in [5, 5.41) is 7.81. The van der Waals surface area contributed by atoms with Crippen molar-refractivity contribution < 1.29 is 9.53 Å². The molecule has 0 radical (unpaired) electrons. The number of methoxy groups -OCH3 is 1. The maximum absolute atomic E-state index is 11.7. The van der Waals surface area contributed by atoms with Gasteiger partial charge in [-0.25, -0.2) is 4.98 Å². The van der Waals surface area contributed by atoms with Gasteiger partial charge in [0.05, 0.1) is 28.4 Å². The molecule has 1 aromatic heterocycles. The van der Waals surface area contributed by atoms with E-state index in [0.29, 0.717) is 28.9 Å². The summed E-state index contributed by atoms with van der Waals surface area (Å²) in [4.78, 5) is 18.8. The van der Waals surface area contributed by atoms with Gasteiger partial charge in [-0.3, -0.25) is 9.69 Å². The highest BCUT2D eigenvalue weighted by molar-refractivity contribution is 6.39. The van der Waals surface area contributed by atoms with E-state index in [9.17, 15) is 4.79 Å². The molecule has 208 valence electrons. The third kappa shape index (κ3) is 4.79. The summed E-state index contributed by atoms with van der Waals surface area (Å²) in [6, 6.07) is 22.6. The Bertz CT molecular complexity index is 1680. The van der Waals surface area contributed by atoms with Gasteiger partial charge in [0.25, 0.3) is 0 Å². The molecule has 0 unspecified atom stereocenters. The van der Waals surface area contributed by atoms with Crippen molar-refractivity contribution in [3.05, 3.63) is 93.5 Å². The van der Waals surface area contributed by atoms with Crippen molar-refractivity contribution in [2.75, 3.05) is 20.2 Å². The second-order valence-electron chi connectivity index (χ2n) is 11.3. The van der Waals surface area contributed by atoms with Crippen molar-refractivity contribution >= 4 is 29.1 Å². The summed E-state index contributed by atoms with van der Waals surface area (Å²) in [6.45, 7) is 4.19. The van der Waals surface area contributed by atoms with Gasteiger partial charge in [-0.1, -0.05) is 77.8 Å². The molecule has 0 aliphatic carbocycles. The monoisotopic (exact) mass is 584 g/mol. The van der Waals surface area contributed by atoms with Gasteiger partial charge in [-0.15, -0.1) is 0 Å². The van der Waals surface area contributed by atoms with E-state index in [1.807, 2.05) is 36.4 Å². The Morgan fingerprint density at radius 3 is 2.34 bits per heavy atom. The number of carbonyl (C=O) groups is 1. The Balaban J connectivity index is 1.17. The van der Waals surface area contributed by atoms with E-state index in [1.54, 1.807) is 7.11 Å². The van der Waals surface area contributed by atoms with Crippen LogP contribution < -0.4 is 15.4 Å². The molecular weight excluding hydrogens is 555 g/mol. The van der Waals surface area contributed by atoms with Gasteiger partial charge >= 0.3 is 0 Å². The molecule has 41 heavy (non-hydrogen) atoms. The van der Waals surface area contributed by atoms with E-state index in [4.69, 9.17) is 32.9 Å². The zero-order valence-electron chi connectivity index (χ0n) is 22.8. The van der Waals surface area contributed by atoms with Gasteiger partial charge in [-0.2, -0.15) is 0 Å². The van der Waals surface area contributed by atoms with Gasteiger partial charge in [0.2, 0.25) is 11.8 Å². The number of nitrogens with zero attached hydrogens (tertiary/aromatic N) is 2. The molecule has 0 atom stereocenters. The van der Waals surface area contributed by atoms with Crippen LogP contribution in [0.5, 0.6) is 5.88 Å². The Kier molecular flexibility index (Phi) is 6.75. The molecule has 2 saturated heterocycles. The van der Waals surface area contributed by atoms with Crippen molar-refractivity contribution in [3.63, 3.8) is 0 Å². The van der Waals surface area contributed by atoms with Gasteiger partial charge in [0, 0.05) is 67.0 Å². The highest BCUT2D eigenvalue weighted by Crippen LogP contribution is 2.43. The number of halogens is 2. The van der Waals surface area contributed by atoms with Crippen LogP contribution in [0.15, 0.2) is 66.7 Å². The third-order valence-corrected chi connectivity index (χ3v) is 9.34. The molecule has 2 N–H and O–H groups in total. The van der Waals surface area contributed by atoms with E-state index in [0.717, 1.165) is 71.7 Å². The first-order valence-electron chi connectivity index (χ1n) is 13.9. The lowest BCUT2D eigenvalue weighted by molar-refractivity contribution is -0.120. The molecule has 7 rings (SSSR count). The molecular formula is C33H30Cl2N4O2. The molecule has 3 aromatic carbocycles. The molecule has 1 amide bonds. The summed E-state index contributed by atoms with van der Waals surface area (Å²) in [6.07, 6.45) is 1.53. The van der Waals surface area contributed by atoms with E-state index in [2.05, 4.69) is 45.9 Å². The van der Waals surface area contributed by atoms with Crippen LogP contribution in [0.3, 0.4) is 0 Å². The van der Waals surface area contributed by atoms with Gasteiger partial charge < -0.3 is 15.4 Å². The maximum Gasteiger partial charge on any atom is 0.220 e. The molecule has 3 aliphatic heterocycles. The van der Waals surface area contributed by atoms with Crippen molar-refractivity contribution in [2.24, 2.45) is 0 Å². The van der Waals surface area contributed by atoms with Crippen LogP contribution in [0.25, 0.3) is 33.5 Å². The molecule has 4 aromatic rings. The Morgan fingerprint density at radius 1 is 0.902 bits per heavy atom. The average Bonchev–Trinajstić information content (AvgIpc) is 3.60. The number of amides is 1. The number of rotatable bonds is 6. The number of ether oxygens (including phenoxy) is 1. The van der Waals surface area contributed by atoms with Crippen LogP contribution in [0, 0.1) is 0 Å². The van der Waals surface area contributed by atoms with E-state index in [-0.39, 0.29) is 11.4 Å². The molecule has 8 heteroatoms. The topological polar surface area (TPSA) is 66.5 Å². The van der Waals surface area contributed by atoms with Crippen LogP contribution in [0.1, 0.15) is 29.5 Å². The predicted molar refractivity (Wildman–Crippen MR) is 163 cm³/mol. The summed E-state index contributed by atoms with van der Waals surface area (Å²) in [7, 11) is 1.64. The first-order valence-corrected chi connectivity index (χ1v) is 14.7. The Labute approximate surface area is 249 Å². The molecule has 0 saturated carbocycles. The summed E-state index contributed by atoms with van der Waals surface area (Å²) in [5.74, 6) is 0.729. The van der Waals surface area contributed by atoms with Crippen molar-refractivity contribution in [1.29, 1.82) is 0 Å². The average molecular weight is 586 g/mol. The smallest absolute Gasteiger partial charge is 0.220 e. The molecule has 3 aliphatic rings. The van der Waals surface area contributed by atoms with Gasteiger partial charge in [0.15, 0.2) is 0 Å². The SMILES string of the molecule is COc1nc(-c2cccc(-c3cccc(-c4ccc5c(c4)CNC5)c3Cl)c2Cl)ccc1CN1CC2(CCC(=O)N2)C1. The van der Waals surface area contributed by atoms with Gasteiger partial charge in [0.1, 0.15) is 0 Å². The number of aromatic nitrogens is 1. The van der Waals surface area contributed by atoms with Crippen LogP contribution in [-0.2, 0) is 24.4 Å². The third-order valence-electron chi connectivity index (χ3n) is 8.53. The lowest BCUT2D eigenvalue weighted by atomic mass is 9.88.